The lowest BCUT2D eigenvalue weighted by atomic mass is 10.1. The summed E-state index contributed by atoms with van der Waals surface area (Å²) in [6.45, 7) is 1.90. The number of nitrogens with one attached hydrogen (secondary N) is 1. The summed E-state index contributed by atoms with van der Waals surface area (Å²) in [5.41, 5.74) is 0.239. The maximum absolute atomic E-state index is 11.3. The fourth-order valence-corrected chi connectivity index (χ4v) is 2.13. The van der Waals surface area contributed by atoms with E-state index in [1.165, 1.54) is 13.5 Å². The second kappa shape index (κ2) is 5.77. The summed E-state index contributed by atoms with van der Waals surface area (Å²) in [5.74, 6) is 0.350. The lowest BCUT2D eigenvalue weighted by Gasteiger charge is -2.33. The number of aromatic nitrogens is 2. The minimum atomic E-state index is -0.458. The van der Waals surface area contributed by atoms with Crippen molar-refractivity contribution < 1.29 is 9.53 Å². The second-order valence-electron chi connectivity index (χ2n) is 4.34. The number of methoxy groups -OCH3 is 1. The van der Waals surface area contributed by atoms with E-state index in [4.69, 9.17) is 0 Å². The van der Waals surface area contributed by atoms with E-state index in [1.54, 1.807) is 6.07 Å². The molecule has 0 bridgehead atoms. The number of anilines is 1. The van der Waals surface area contributed by atoms with E-state index >= 15 is 0 Å². The van der Waals surface area contributed by atoms with Gasteiger partial charge in [0.2, 0.25) is 0 Å². The fourth-order valence-electron chi connectivity index (χ4n) is 2.13. The zero-order valence-electron chi connectivity index (χ0n) is 10.7. The van der Waals surface area contributed by atoms with E-state index in [0.29, 0.717) is 6.04 Å². The lowest BCUT2D eigenvalue weighted by molar-refractivity contribution is 0.0592. The number of hydrogen-bond donors (Lipinski definition) is 1. The highest BCUT2D eigenvalue weighted by Gasteiger charge is 2.20. The number of likely N-dealkylation sites (N-methyl/N-ethyl adjacent to an activating group) is 1. The summed E-state index contributed by atoms with van der Waals surface area (Å²) in [6, 6.07) is 3.95. The van der Waals surface area contributed by atoms with Crippen LogP contribution in [0.1, 0.15) is 23.3 Å². The molecule has 98 valence electrons. The molecule has 0 aliphatic carbocycles. The van der Waals surface area contributed by atoms with Gasteiger partial charge >= 0.3 is 5.97 Å². The van der Waals surface area contributed by atoms with Gasteiger partial charge in [-0.25, -0.2) is 4.79 Å². The van der Waals surface area contributed by atoms with Crippen molar-refractivity contribution in [2.24, 2.45) is 0 Å². The molecule has 0 spiro atoms. The van der Waals surface area contributed by atoms with Crippen molar-refractivity contribution in [3.63, 3.8) is 0 Å². The SMILES string of the molecule is CNC1CCCN(c2ccc(C(=O)OC)nn2)C1. The van der Waals surface area contributed by atoms with Gasteiger partial charge in [0.1, 0.15) is 0 Å². The van der Waals surface area contributed by atoms with Gasteiger partial charge in [-0.1, -0.05) is 0 Å². The van der Waals surface area contributed by atoms with Gasteiger partial charge in [0.05, 0.1) is 7.11 Å². The number of ether oxygens (including phenoxy) is 1. The Morgan fingerprint density at radius 1 is 1.50 bits per heavy atom. The molecule has 18 heavy (non-hydrogen) atoms. The number of esters is 1. The van der Waals surface area contributed by atoms with Crippen LogP contribution in [0.15, 0.2) is 12.1 Å². The molecule has 1 aromatic rings. The van der Waals surface area contributed by atoms with E-state index in [1.807, 2.05) is 13.1 Å². The Morgan fingerprint density at radius 3 is 2.94 bits per heavy atom. The van der Waals surface area contributed by atoms with Crippen LogP contribution in [-0.4, -0.2) is 49.5 Å². The Labute approximate surface area is 106 Å². The zero-order valence-corrected chi connectivity index (χ0v) is 10.7. The highest BCUT2D eigenvalue weighted by atomic mass is 16.5. The summed E-state index contributed by atoms with van der Waals surface area (Å²) in [5, 5.41) is 11.3. The van der Waals surface area contributed by atoms with Gasteiger partial charge in [-0.3, -0.25) is 0 Å². The van der Waals surface area contributed by atoms with Crippen LogP contribution in [0, 0.1) is 0 Å². The van der Waals surface area contributed by atoms with E-state index < -0.39 is 5.97 Å². The molecule has 0 amide bonds. The zero-order chi connectivity index (χ0) is 13.0. The standard InChI is InChI=1S/C12H18N4O2/c1-13-9-4-3-7-16(8-9)11-6-5-10(14-15-11)12(17)18-2/h5-6,9,13H,3-4,7-8H2,1-2H3. The smallest absolute Gasteiger partial charge is 0.358 e. The summed E-state index contributed by atoms with van der Waals surface area (Å²) in [7, 11) is 3.31. The van der Waals surface area contributed by atoms with Crippen LogP contribution < -0.4 is 10.2 Å². The van der Waals surface area contributed by atoms with Crippen molar-refractivity contribution in [1.29, 1.82) is 0 Å². The molecule has 0 saturated carbocycles. The van der Waals surface area contributed by atoms with Gasteiger partial charge in [0, 0.05) is 19.1 Å². The third-order valence-corrected chi connectivity index (χ3v) is 3.20. The molecule has 6 heteroatoms. The number of rotatable bonds is 3. The number of carbonyl (C=O) groups is 1. The Kier molecular flexibility index (Phi) is 4.09. The Morgan fingerprint density at radius 2 is 2.33 bits per heavy atom. The molecule has 1 N–H and O–H groups in total. The number of carbonyl (C=O) groups excluding carboxylic acids is 1. The fraction of sp³-hybridized carbons (Fsp3) is 0.583. The molecule has 6 nitrogen and oxygen atoms in total. The predicted octanol–water partition coefficient (Wildman–Crippen LogP) is 0.451. The van der Waals surface area contributed by atoms with E-state index in [0.717, 1.165) is 25.3 Å². The predicted molar refractivity (Wildman–Crippen MR) is 67.7 cm³/mol. The van der Waals surface area contributed by atoms with Crippen LogP contribution in [0.25, 0.3) is 0 Å². The van der Waals surface area contributed by atoms with Crippen LogP contribution in [0.4, 0.5) is 5.82 Å². The third-order valence-electron chi connectivity index (χ3n) is 3.20. The Balaban J connectivity index is 2.07. The first kappa shape index (κ1) is 12.8. The van der Waals surface area contributed by atoms with Crippen molar-refractivity contribution >= 4 is 11.8 Å². The summed E-state index contributed by atoms with van der Waals surface area (Å²) < 4.78 is 4.59. The number of nitrogens with zero attached hydrogens (tertiary/aromatic N) is 3. The van der Waals surface area contributed by atoms with Crippen molar-refractivity contribution in [3.05, 3.63) is 17.8 Å². The summed E-state index contributed by atoms with van der Waals surface area (Å²) >= 11 is 0. The van der Waals surface area contributed by atoms with Crippen LogP contribution >= 0.6 is 0 Å². The molecular formula is C12H18N4O2. The first-order valence-electron chi connectivity index (χ1n) is 6.09. The first-order valence-corrected chi connectivity index (χ1v) is 6.09. The highest BCUT2D eigenvalue weighted by Crippen LogP contribution is 2.17. The minimum absolute atomic E-state index is 0.239. The largest absolute Gasteiger partial charge is 0.464 e. The van der Waals surface area contributed by atoms with Crippen molar-refractivity contribution in [3.8, 4) is 0 Å². The van der Waals surface area contributed by atoms with Crippen molar-refractivity contribution in [2.45, 2.75) is 18.9 Å². The molecule has 1 aromatic heterocycles. The molecule has 0 radical (unpaired) electrons. The van der Waals surface area contributed by atoms with Gasteiger partial charge in [-0.05, 0) is 32.0 Å². The minimum Gasteiger partial charge on any atom is -0.464 e. The molecule has 1 unspecified atom stereocenters. The number of piperidine rings is 1. The van der Waals surface area contributed by atoms with Crippen LogP contribution in [0.2, 0.25) is 0 Å². The Bertz CT molecular complexity index is 407. The van der Waals surface area contributed by atoms with Gasteiger partial charge in [0.15, 0.2) is 11.5 Å². The average Bonchev–Trinajstić information content (AvgIpc) is 2.46. The van der Waals surface area contributed by atoms with Crippen molar-refractivity contribution in [2.75, 3.05) is 32.1 Å². The highest BCUT2D eigenvalue weighted by molar-refractivity contribution is 5.86. The lowest BCUT2D eigenvalue weighted by Crippen LogP contribution is -2.44. The normalized spacial score (nSPS) is 19.7. The van der Waals surface area contributed by atoms with Crippen molar-refractivity contribution in [1.82, 2.24) is 15.5 Å². The average molecular weight is 250 g/mol. The first-order chi connectivity index (χ1) is 8.74. The Hall–Kier alpha value is -1.69. The molecule has 1 aliphatic heterocycles. The maximum atomic E-state index is 11.3. The molecule has 2 rings (SSSR count). The van der Waals surface area contributed by atoms with Gasteiger partial charge in [-0.2, -0.15) is 0 Å². The van der Waals surface area contributed by atoms with E-state index in [9.17, 15) is 4.79 Å². The van der Waals surface area contributed by atoms with E-state index in [-0.39, 0.29) is 5.69 Å². The third kappa shape index (κ3) is 2.76. The molecule has 0 aromatic carbocycles. The van der Waals surface area contributed by atoms with E-state index in [2.05, 4.69) is 25.2 Å². The van der Waals surface area contributed by atoms with Crippen LogP contribution in [0.5, 0.6) is 0 Å². The topological polar surface area (TPSA) is 67.4 Å². The summed E-state index contributed by atoms with van der Waals surface area (Å²) in [6.07, 6.45) is 2.31. The summed E-state index contributed by atoms with van der Waals surface area (Å²) in [4.78, 5) is 13.4. The molecule has 1 atom stereocenters. The quantitative estimate of drug-likeness (QED) is 0.786. The maximum Gasteiger partial charge on any atom is 0.358 e. The molecule has 1 fully saturated rings. The van der Waals surface area contributed by atoms with Crippen LogP contribution in [0.3, 0.4) is 0 Å². The van der Waals surface area contributed by atoms with Gasteiger partial charge in [0.25, 0.3) is 0 Å². The van der Waals surface area contributed by atoms with Gasteiger partial charge in [-0.15, -0.1) is 10.2 Å². The molecule has 2 heterocycles. The van der Waals surface area contributed by atoms with Gasteiger partial charge < -0.3 is 15.0 Å². The molecular weight excluding hydrogens is 232 g/mol. The van der Waals surface area contributed by atoms with Crippen LogP contribution in [-0.2, 0) is 4.74 Å². The molecule has 1 aliphatic rings. The second-order valence-corrected chi connectivity index (χ2v) is 4.34. The number of hydrogen-bond acceptors (Lipinski definition) is 6. The monoisotopic (exact) mass is 250 g/mol. The molecule has 1 saturated heterocycles.